The molecule has 0 N–H and O–H groups in total. The number of hydrogen-bond acceptors (Lipinski definition) is 3. The van der Waals surface area contributed by atoms with Crippen molar-refractivity contribution in [2.24, 2.45) is 17.3 Å². The third-order valence-corrected chi connectivity index (χ3v) is 8.29. The van der Waals surface area contributed by atoms with Gasteiger partial charge in [0, 0.05) is 6.54 Å². The van der Waals surface area contributed by atoms with E-state index < -0.39 is 0 Å². The molecular formula is C17H32BNOS. The number of ether oxygens (including phenoxy) is 1. The van der Waals surface area contributed by atoms with Crippen LogP contribution in [0.4, 0.5) is 0 Å². The van der Waals surface area contributed by atoms with Gasteiger partial charge in [-0.15, -0.1) is 0 Å². The molecule has 2 aliphatic heterocycles. The maximum Gasteiger partial charge on any atom is 0.109 e. The monoisotopic (exact) mass is 309 g/mol. The van der Waals surface area contributed by atoms with E-state index in [1.807, 2.05) is 11.9 Å². The van der Waals surface area contributed by atoms with E-state index in [2.05, 4.69) is 39.2 Å². The highest BCUT2D eigenvalue weighted by Gasteiger charge is 2.56. The summed E-state index contributed by atoms with van der Waals surface area (Å²) in [5.74, 6) is 1.75. The van der Waals surface area contributed by atoms with Crippen molar-refractivity contribution >= 4 is 19.8 Å². The standard InChI is InChI=1S/C17H32BNOS/c1-15(2)10-13-7-9-19(21-4)17(11-20-12-17)14(13)6-5-8-16(15,3)18/h13-14H,5-12,18H2,1-4H3. The summed E-state index contributed by atoms with van der Waals surface area (Å²) in [4.78, 5) is 0. The van der Waals surface area contributed by atoms with Gasteiger partial charge in [-0.25, -0.2) is 4.31 Å². The van der Waals surface area contributed by atoms with Crippen LogP contribution in [0, 0.1) is 17.3 Å². The third-order valence-electron chi connectivity index (χ3n) is 7.30. The third kappa shape index (κ3) is 2.50. The van der Waals surface area contributed by atoms with Crippen LogP contribution < -0.4 is 0 Å². The Bertz CT molecular complexity index is 394. The molecule has 21 heavy (non-hydrogen) atoms. The summed E-state index contributed by atoms with van der Waals surface area (Å²) in [6.45, 7) is 10.7. The molecule has 0 aromatic carbocycles. The van der Waals surface area contributed by atoms with Crippen LogP contribution in [-0.4, -0.2) is 43.7 Å². The molecule has 120 valence electrons. The van der Waals surface area contributed by atoms with E-state index in [4.69, 9.17) is 4.74 Å². The molecule has 2 heterocycles. The average Bonchev–Trinajstić information content (AvgIpc) is 2.36. The van der Waals surface area contributed by atoms with Gasteiger partial charge in [-0.05, 0) is 42.8 Å². The smallest absolute Gasteiger partial charge is 0.109 e. The lowest BCUT2D eigenvalue weighted by molar-refractivity contribution is -0.173. The number of rotatable bonds is 1. The Hall–Kier alpha value is 0.335. The van der Waals surface area contributed by atoms with Crippen LogP contribution in [0.5, 0.6) is 0 Å². The van der Waals surface area contributed by atoms with E-state index in [9.17, 15) is 0 Å². The van der Waals surface area contributed by atoms with Gasteiger partial charge in [-0.1, -0.05) is 50.9 Å². The maximum atomic E-state index is 5.71. The molecule has 3 atom stereocenters. The summed E-state index contributed by atoms with van der Waals surface area (Å²) in [6, 6.07) is 0. The fourth-order valence-corrected chi connectivity index (χ4v) is 5.95. The van der Waals surface area contributed by atoms with Gasteiger partial charge >= 0.3 is 0 Å². The van der Waals surface area contributed by atoms with Crippen molar-refractivity contribution in [3.63, 3.8) is 0 Å². The average molecular weight is 309 g/mol. The van der Waals surface area contributed by atoms with Crippen molar-refractivity contribution in [2.45, 2.75) is 63.7 Å². The van der Waals surface area contributed by atoms with E-state index in [-0.39, 0.29) is 0 Å². The normalized spacial score (nSPS) is 42.7. The number of hydrogen-bond donors (Lipinski definition) is 0. The van der Waals surface area contributed by atoms with Crippen LogP contribution in [0.25, 0.3) is 0 Å². The molecule has 1 aliphatic carbocycles. The van der Waals surface area contributed by atoms with Gasteiger partial charge in [0.1, 0.15) is 7.85 Å². The zero-order chi connectivity index (χ0) is 15.3. The van der Waals surface area contributed by atoms with Crippen LogP contribution in [0.2, 0.25) is 5.31 Å². The summed E-state index contributed by atoms with van der Waals surface area (Å²) in [7, 11) is 2.49. The van der Waals surface area contributed by atoms with Crippen molar-refractivity contribution < 1.29 is 4.74 Å². The minimum atomic E-state index is 0.361. The molecule has 0 bridgehead atoms. The minimum Gasteiger partial charge on any atom is -0.377 e. The highest BCUT2D eigenvalue weighted by atomic mass is 32.2. The molecule has 3 unspecified atom stereocenters. The van der Waals surface area contributed by atoms with Crippen LogP contribution in [0.1, 0.15) is 52.9 Å². The Labute approximate surface area is 136 Å². The second kappa shape index (κ2) is 5.45. The molecule has 0 aromatic rings. The summed E-state index contributed by atoms with van der Waals surface area (Å²) in [6.07, 6.45) is 9.20. The molecule has 4 heteroatoms. The van der Waals surface area contributed by atoms with E-state index in [0.717, 1.165) is 25.0 Å². The van der Waals surface area contributed by atoms with Gasteiger partial charge in [0.05, 0.1) is 18.8 Å². The Morgan fingerprint density at radius 1 is 1.19 bits per heavy atom. The van der Waals surface area contributed by atoms with Crippen LogP contribution in [0.3, 0.4) is 0 Å². The molecule has 0 aromatic heterocycles. The Morgan fingerprint density at radius 3 is 2.48 bits per heavy atom. The second-order valence-electron chi connectivity index (χ2n) is 8.90. The highest BCUT2D eigenvalue weighted by Crippen LogP contribution is 2.58. The first-order chi connectivity index (χ1) is 9.82. The molecule has 3 rings (SSSR count). The molecule has 2 nitrogen and oxygen atoms in total. The number of piperidine rings is 1. The number of nitrogens with zero attached hydrogens (tertiary/aromatic N) is 1. The van der Waals surface area contributed by atoms with Crippen LogP contribution in [0.15, 0.2) is 0 Å². The SMILES string of the molecule is BC1(C)CCCC2C(CCN(SC)C23COC3)CC1(C)C. The van der Waals surface area contributed by atoms with Crippen LogP contribution >= 0.6 is 11.9 Å². The largest absolute Gasteiger partial charge is 0.377 e. The fourth-order valence-electron chi connectivity index (χ4n) is 5.06. The Balaban J connectivity index is 1.86. The topological polar surface area (TPSA) is 12.5 Å². The minimum absolute atomic E-state index is 0.361. The molecule has 0 amide bonds. The molecule has 1 spiro atoms. The summed E-state index contributed by atoms with van der Waals surface area (Å²) in [5, 5.41) is 0.470. The molecule has 1 saturated carbocycles. The summed E-state index contributed by atoms with van der Waals surface area (Å²) < 4.78 is 8.37. The quantitative estimate of drug-likeness (QED) is 0.544. The van der Waals surface area contributed by atoms with Crippen molar-refractivity contribution in [1.82, 2.24) is 4.31 Å². The number of fused-ring (bicyclic) bond motifs is 2. The van der Waals surface area contributed by atoms with E-state index in [0.29, 0.717) is 16.3 Å². The summed E-state index contributed by atoms with van der Waals surface area (Å²) in [5.41, 5.74) is 0.809. The fraction of sp³-hybridized carbons (Fsp3) is 1.00. The van der Waals surface area contributed by atoms with Gasteiger partial charge in [-0.2, -0.15) is 0 Å². The Kier molecular flexibility index (Phi) is 4.21. The predicted octanol–water partition coefficient (Wildman–Crippen LogP) is 3.38. The molecule has 3 fully saturated rings. The lowest BCUT2D eigenvalue weighted by Crippen LogP contribution is -2.68. The van der Waals surface area contributed by atoms with Gasteiger partial charge in [0.2, 0.25) is 0 Å². The zero-order valence-electron chi connectivity index (χ0n) is 14.6. The second-order valence-corrected chi connectivity index (χ2v) is 9.71. The first-order valence-corrected chi connectivity index (χ1v) is 9.90. The lowest BCUT2D eigenvalue weighted by atomic mass is 9.47. The van der Waals surface area contributed by atoms with Crippen molar-refractivity contribution in [3.8, 4) is 0 Å². The van der Waals surface area contributed by atoms with Crippen molar-refractivity contribution in [1.29, 1.82) is 0 Å². The highest BCUT2D eigenvalue weighted by molar-refractivity contribution is 7.96. The van der Waals surface area contributed by atoms with Crippen molar-refractivity contribution in [3.05, 3.63) is 0 Å². The van der Waals surface area contributed by atoms with E-state index >= 15 is 0 Å². The molecular weight excluding hydrogens is 277 g/mol. The maximum absolute atomic E-state index is 5.71. The zero-order valence-corrected chi connectivity index (χ0v) is 15.4. The Morgan fingerprint density at radius 2 is 1.90 bits per heavy atom. The molecule has 2 saturated heterocycles. The van der Waals surface area contributed by atoms with Gasteiger partial charge in [0.25, 0.3) is 0 Å². The van der Waals surface area contributed by atoms with Gasteiger partial charge in [-0.3, -0.25) is 0 Å². The summed E-state index contributed by atoms with van der Waals surface area (Å²) >= 11 is 1.95. The van der Waals surface area contributed by atoms with Crippen molar-refractivity contribution in [2.75, 3.05) is 26.0 Å². The van der Waals surface area contributed by atoms with Gasteiger partial charge in [0.15, 0.2) is 0 Å². The van der Waals surface area contributed by atoms with E-state index in [1.54, 1.807) is 0 Å². The van der Waals surface area contributed by atoms with E-state index in [1.165, 1.54) is 38.6 Å². The predicted molar refractivity (Wildman–Crippen MR) is 94.5 cm³/mol. The molecule has 3 aliphatic rings. The van der Waals surface area contributed by atoms with Gasteiger partial charge < -0.3 is 4.74 Å². The molecule has 0 radical (unpaired) electrons. The first-order valence-electron chi connectivity index (χ1n) is 8.72. The lowest BCUT2D eigenvalue weighted by Gasteiger charge is -2.61. The first kappa shape index (κ1) is 16.2. The van der Waals surface area contributed by atoms with Crippen LogP contribution in [-0.2, 0) is 4.74 Å².